The summed E-state index contributed by atoms with van der Waals surface area (Å²) in [5.74, 6) is -0.927. The van der Waals surface area contributed by atoms with Gasteiger partial charge in [0.15, 0.2) is 5.78 Å². The summed E-state index contributed by atoms with van der Waals surface area (Å²) in [6.07, 6.45) is 0. The van der Waals surface area contributed by atoms with Crippen LogP contribution in [0, 0.1) is 12.7 Å². The predicted molar refractivity (Wildman–Crippen MR) is 104 cm³/mol. The van der Waals surface area contributed by atoms with Crippen LogP contribution in [0.3, 0.4) is 0 Å². The largest absolute Gasteiger partial charge is 0.507 e. The number of ketones is 1. The van der Waals surface area contributed by atoms with Gasteiger partial charge in [0.2, 0.25) is 5.95 Å². The Hall–Kier alpha value is -3.52. The molecule has 0 aliphatic rings. The summed E-state index contributed by atoms with van der Waals surface area (Å²) in [5, 5.41) is 22.0. The molecule has 2 aromatic carbocycles. The van der Waals surface area contributed by atoms with E-state index in [2.05, 4.69) is 15.3 Å². The first kappa shape index (κ1) is 19.2. The van der Waals surface area contributed by atoms with E-state index in [-0.39, 0.29) is 47.2 Å². The Kier molecular flexibility index (Phi) is 5.51. The fourth-order valence-electron chi connectivity index (χ4n) is 2.72. The fourth-order valence-corrected chi connectivity index (χ4v) is 2.72. The number of aromatic hydroxyl groups is 1. The van der Waals surface area contributed by atoms with Crippen molar-refractivity contribution in [3.8, 4) is 17.0 Å². The number of aromatic nitrogens is 2. The lowest BCUT2D eigenvalue weighted by Crippen LogP contribution is -2.09. The molecule has 144 valence electrons. The predicted octanol–water partition coefficient (Wildman–Crippen LogP) is 2.51. The Morgan fingerprint density at radius 2 is 1.96 bits per heavy atom. The second kappa shape index (κ2) is 8.01. The summed E-state index contributed by atoms with van der Waals surface area (Å²) in [4.78, 5) is 20.8. The average molecular weight is 382 g/mol. The van der Waals surface area contributed by atoms with Crippen LogP contribution in [0.15, 0.2) is 42.5 Å². The first-order valence-electron chi connectivity index (χ1n) is 8.52. The van der Waals surface area contributed by atoms with E-state index in [0.717, 1.165) is 0 Å². The minimum atomic E-state index is -0.610. The van der Waals surface area contributed by atoms with Crippen molar-refractivity contribution in [2.45, 2.75) is 6.92 Å². The number of phenolic OH excluding ortho intramolecular Hbond substituents is 1. The quantitative estimate of drug-likeness (QED) is 0.483. The molecule has 0 unspecified atom stereocenters. The molecule has 5 N–H and O–H groups in total. The standard InChI is InChI=1S/C20H19FN4O3/c1-11-2-4-13(15(21)8-11)19(28)12-3-5-17(27)14(9-12)16-10-18(23-6-7-26)25-20(22)24-16/h2-5,8-10,26-27H,6-7H2,1H3,(H3,22,23,24,25). The zero-order valence-electron chi connectivity index (χ0n) is 15.1. The second-order valence-electron chi connectivity index (χ2n) is 6.19. The Morgan fingerprint density at radius 1 is 1.18 bits per heavy atom. The topological polar surface area (TPSA) is 121 Å². The van der Waals surface area contributed by atoms with Gasteiger partial charge in [-0.15, -0.1) is 0 Å². The van der Waals surface area contributed by atoms with Crippen molar-refractivity contribution in [1.82, 2.24) is 9.97 Å². The molecule has 0 fully saturated rings. The average Bonchev–Trinajstić information content (AvgIpc) is 2.66. The molecule has 1 aromatic heterocycles. The maximum absolute atomic E-state index is 14.2. The summed E-state index contributed by atoms with van der Waals surface area (Å²) in [7, 11) is 0. The second-order valence-corrected chi connectivity index (χ2v) is 6.19. The van der Waals surface area contributed by atoms with E-state index in [1.807, 2.05) is 0 Å². The van der Waals surface area contributed by atoms with Crippen LogP contribution in [0.2, 0.25) is 0 Å². The van der Waals surface area contributed by atoms with Gasteiger partial charge < -0.3 is 21.3 Å². The molecule has 0 saturated carbocycles. The molecule has 0 bridgehead atoms. The smallest absolute Gasteiger partial charge is 0.222 e. The molecular weight excluding hydrogens is 363 g/mol. The Balaban J connectivity index is 2.02. The number of hydrogen-bond acceptors (Lipinski definition) is 7. The van der Waals surface area contributed by atoms with Gasteiger partial charge in [-0.25, -0.2) is 9.37 Å². The normalized spacial score (nSPS) is 10.7. The number of anilines is 2. The molecule has 0 spiro atoms. The van der Waals surface area contributed by atoms with Gasteiger partial charge in [-0.3, -0.25) is 4.79 Å². The van der Waals surface area contributed by atoms with E-state index in [9.17, 15) is 14.3 Å². The Bertz CT molecular complexity index is 1040. The van der Waals surface area contributed by atoms with Crippen LogP contribution in [0.25, 0.3) is 11.3 Å². The highest BCUT2D eigenvalue weighted by atomic mass is 19.1. The summed E-state index contributed by atoms with van der Waals surface area (Å²) in [6.45, 7) is 1.89. The maximum Gasteiger partial charge on any atom is 0.222 e. The number of phenols is 1. The molecule has 0 amide bonds. The summed E-state index contributed by atoms with van der Waals surface area (Å²) < 4.78 is 14.2. The number of aliphatic hydroxyl groups is 1. The van der Waals surface area contributed by atoms with Crippen molar-refractivity contribution in [3.63, 3.8) is 0 Å². The number of nitrogen functional groups attached to an aromatic ring is 1. The van der Waals surface area contributed by atoms with Gasteiger partial charge in [-0.1, -0.05) is 6.07 Å². The van der Waals surface area contributed by atoms with Gasteiger partial charge in [0.1, 0.15) is 17.4 Å². The molecule has 7 nitrogen and oxygen atoms in total. The van der Waals surface area contributed by atoms with Gasteiger partial charge >= 0.3 is 0 Å². The number of rotatable bonds is 6. The van der Waals surface area contributed by atoms with Crippen LogP contribution in [0.4, 0.5) is 16.2 Å². The number of nitrogens with one attached hydrogen (secondary N) is 1. The van der Waals surface area contributed by atoms with E-state index < -0.39 is 11.6 Å². The van der Waals surface area contributed by atoms with Gasteiger partial charge in [-0.2, -0.15) is 4.98 Å². The minimum absolute atomic E-state index is 0.0429. The molecule has 0 radical (unpaired) electrons. The van der Waals surface area contributed by atoms with Crippen LogP contribution >= 0.6 is 0 Å². The third-order valence-electron chi connectivity index (χ3n) is 4.07. The summed E-state index contributed by atoms with van der Waals surface area (Å²) in [6, 6.07) is 10.1. The SMILES string of the molecule is Cc1ccc(C(=O)c2ccc(O)c(-c3cc(NCCO)nc(N)n3)c2)c(F)c1. The highest BCUT2D eigenvalue weighted by Crippen LogP contribution is 2.31. The number of nitrogens with zero attached hydrogens (tertiary/aromatic N) is 2. The van der Waals surface area contributed by atoms with Gasteiger partial charge in [-0.05, 0) is 42.8 Å². The van der Waals surface area contributed by atoms with Crippen molar-refractivity contribution >= 4 is 17.5 Å². The van der Waals surface area contributed by atoms with Crippen LogP contribution in [-0.2, 0) is 0 Å². The Morgan fingerprint density at radius 3 is 2.68 bits per heavy atom. The highest BCUT2D eigenvalue weighted by Gasteiger charge is 2.17. The van der Waals surface area contributed by atoms with Crippen molar-refractivity contribution in [2.24, 2.45) is 0 Å². The summed E-state index contributed by atoms with van der Waals surface area (Å²) in [5.41, 5.74) is 7.09. The Labute approximate surface area is 160 Å². The molecule has 0 atom stereocenters. The molecule has 8 heteroatoms. The van der Waals surface area contributed by atoms with Crippen molar-refractivity contribution in [3.05, 3.63) is 65.0 Å². The molecule has 1 heterocycles. The monoisotopic (exact) mass is 382 g/mol. The van der Waals surface area contributed by atoms with E-state index in [0.29, 0.717) is 11.4 Å². The third kappa shape index (κ3) is 4.07. The number of halogens is 1. The number of aliphatic hydroxyl groups excluding tert-OH is 1. The molecular formula is C20H19FN4O3. The number of hydrogen-bond donors (Lipinski definition) is 4. The highest BCUT2D eigenvalue weighted by molar-refractivity contribution is 6.10. The molecule has 0 saturated heterocycles. The third-order valence-corrected chi connectivity index (χ3v) is 4.07. The molecule has 0 aliphatic heterocycles. The first-order valence-corrected chi connectivity index (χ1v) is 8.52. The number of carbonyl (C=O) groups is 1. The van der Waals surface area contributed by atoms with E-state index >= 15 is 0 Å². The molecule has 3 rings (SSSR count). The zero-order valence-corrected chi connectivity index (χ0v) is 15.1. The van der Waals surface area contributed by atoms with Gasteiger partial charge in [0.25, 0.3) is 0 Å². The number of carbonyl (C=O) groups excluding carboxylic acids is 1. The van der Waals surface area contributed by atoms with Crippen LogP contribution in [0.5, 0.6) is 5.75 Å². The van der Waals surface area contributed by atoms with Crippen LogP contribution < -0.4 is 11.1 Å². The first-order chi connectivity index (χ1) is 13.4. The van der Waals surface area contributed by atoms with Gasteiger partial charge in [0, 0.05) is 23.7 Å². The number of nitrogens with two attached hydrogens (primary N) is 1. The molecule has 0 aliphatic carbocycles. The van der Waals surface area contributed by atoms with Crippen molar-refractivity contribution < 1.29 is 19.4 Å². The number of aryl methyl sites for hydroxylation is 1. The lowest BCUT2D eigenvalue weighted by molar-refractivity contribution is 0.103. The van der Waals surface area contributed by atoms with Crippen molar-refractivity contribution in [1.29, 1.82) is 0 Å². The van der Waals surface area contributed by atoms with Crippen molar-refractivity contribution in [2.75, 3.05) is 24.2 Å². The van der Waals surface area contributed by atoms with Crippen LogP contribution in [0.1, 0.15) is 21.5 Å². The minimum Gasteiger partial charge on any atom is -0.507 e. The van der Waals surface area contributed by atoms with E-state index in [4.69, 9.17) is 10.8 Å². The number of benzene rings is 2. The van der Waals surface area contributed by atoms with E-state index in [1.54, 1.807) is 13.0 Å². The van der Waals surface area contributed by atoms with Gasteiger partial charge in [0.05, 0.1) is 17.9 Å². The lowest BCUT2D eigenvalue weighted by atomic mass is 9.98. The van der Waals surface area contributed by atoms with Crippen LogP contribution in [-0.4, -0.2) is 39.1 Å². The maximum atomic E-state index is 14.2. The van der Waals surface area contributed by atoms with E-state index in [1.165, 1.54) is 36.4 Å². The lowest BCUT2D eigenvalue weighted by Gasteiger charge is -2.10. The molecule has 28 heavy (non-hydrogen) atoms. The summed E-state index contributed by atoms with van der Waals surface area (Å²) >= 11 is 0. The molecule has 3 aromatic rings. The fraction of sp³-hybridized carbons (Fsp3) is 0.150. The zero-order chi connectivity index (χ0) is 20.3.